The van der Waals surface area contributed by atoms with E-state index in [0.29, 0.717) is 6.42 Å². The van der Waals surface area contributed by atoms with E-state index in [1.807, 2.05) is 31.2 Å². The average molecular weight is 269 g/mol. The fraction of sp³-hybridized carbons (Fsp3) is 0.250. The maximum absolute atomic E-state index is 11.1. The van der Waals surface area contributed by atoms with Gasteiger partial charge in [0.1, 0.15) is 0 Å². The van der Waals surface area contributed by atoms with Gasteiger partial charge in [0, 0.05) is 4.47 Å². The molecule has 0 unspecified atom stereocenters. The predicted molar refractivity (Wildman–Crippen MR) is 63.9 cm³/mol. The summed E-state index contributed by atoms with van der Waals surface area (Å²) in [4.78, 5) is 11.1. The molecule has 0 radical (unpaired) electrons. The zero-order valence-corrected chi connectivity index (χ0v) is 10.1. The van der Waals surface area contributed by atoms with Crippen LogP contribution in [0.1, 0.15) is 24.8 Å². The van der Waals surface area contributed by atoms with Crippen LogP contribution in [0.25, 0.3) is 0 Å². The highest BCUT2D eigenvalue weighted by Gasteiger charge is 2.21. The Morgan fingerprint density at radius 3 is 2.60 bits per heavy atom. The lowest BCUT2D eigenvalue weighted by molar-refractivity contribution is -0.138. The number of carboxylic acids is 1. The van der Waals surface area contributed by atoms with Gasteiger partial charge >= 0.3 is 5.97 Å². The maximum atomic E-state index is 11.1. The van der Waals surface area contributed by atoms with E-state index < -0.39 is 11.9 Å². The Morgan fingerprint density at radius 1 is 1.53 bits per heavy atom. The molecular weight excluding hydrogens is 256 g/mol. The molecule has 0 saturated carbocycles. The van der Waals surface area contributed by atoms with Crippen molar-refractivity contribution < 1.29 is 9.90 Å². The Morgan fingerprint density at radius 2 is 2.13 bits per heavy atom. The largest absolute Gasteiger partial charge is 0.481 e. The van der Waals surface area contributed by atoms with E-state index in [-0.39, 0.29) is 0 Å². The lowest BCUT2D eigenvalue weighted by Gasteiger charge is -2.14. The SMILES string of the molecule is C=C(C)C[C@@H](C(=O)O)c1ccccc1Br. The molecule has 0 aliphatic carbocycles. The number of carbonyl (C=O) groups is 1. The molecule has 0 aliphatic rings. The van der Waals surface area contributed by atoms with Crippen LogP contribution in [0.15, 0.2) is 40.9 Å². The molecule has 1 aromatic rings. The van der Waals surface area contributed by atoms with E-state index >= 15 is 0 Å². The van der Waals surface area contributed by atoms with Gasteiger partial charge in [-0.1, -0.05) is 39.7 Å². The van der Waals surface area contributed by atoms with E-state index in [1.54, 1.807) is 0 Å². The minimum Gasteiger partial charge on any atom is -0.481 e. The maximum Gasteiger partial charge on any atom is 0.311 e. The average Bonchev–Trinajstić information content (AvgIpc) is 2.15. The Labute approximate surface area is 97.8 Å². The summed E-state index contributed by atoms with van der Waals surface area (Å²) in [5.74, 6) is -1.33. The second-order valence-corrected chi connectivity index (χ2v) is 4.43. The molecule has 1 atom stereocenters. The number of hydrogen-bond donors (Lipinski definition) is 1. The van der Waals surface area contributed by atoms with Crippen LogP contribution < -0.4 is 0 Å². The van der Waals surface area contributed by atoms with Crippen molar-refractivity contribution in [2.45, 2.75) is 19.3 Å². The highest BCUT2D eigenvalue weighted by molar-refractivity contribution is 9.10. The zero-order valence-electron chi connectivity index (χ0n) is 8.53. The summed E-state index contributed by atoms with van der Waals surface area (Å²) in [6.07, 6.45) is 0.470. The molecule has 0 saturated heterocycles. The summed E-state index contributed by atoms with van der Waals surface area (Å²) in [7, 11) is 0. The Hall–Kier alpha value is -1.09. The van der Waals surface area contributed by atoms with Gasteiger partial charge in [0.25, 0.3) is 0 Å². The molecule has 3 heteroatoms. The summed E-state index contributed by atoms with van der Waals surface area (Å²) in [6.45, 7) is 5.59. The molecule has 1 aromatic carbocycles. The Bertz CT molecular complexity index is 385. The van der Waals surface area contributed by atoms with E-state index in [1.165, 1.54) is 0 Å². The molecule has 2 nitrogen and oxygen atoms in total. The molecule has 0 aliphatic heterocycles. The fourth-order valence-corrected chi connectivity index (χ4v) is 2.00. The number of hydrogen-bond acceptors (Lipinski definition) is 1. The molecule has 0 spiro atoms. The van der Waals surface area contributed by atoms with Crippen LogP contribution in [-0.2, 0) is 4.79 Å². The van der Waals surface area contributed by atoms with Crippen molar-refractivity contribution in [1.82, 2.24) is 0 Å². The van der Waals surface area contributed by atoms with Gasteiger partial charge in [-0.25, -0.2) is 0 Å². The topological polar surface area (TPSA) is 37.3 Å². The van der Waals surface area contributed by atoms with Gasteiger partial charge in [-0.05, 0) is 25.0 Å². The summed E-state index contributed by atoms with van der Waals surface area (Å²) in [5, 5.41) is 9.14. The summed E-state index contributed by atoms with van der Waals surface area (Å²) in [5.41, 5.74) is 1.67. The van der Waals surface area contributed by atoms with Crippen molar-refractivity contribution in [3.05, 3.63) is 46.5 Å². The van der Waals surface area contributed by atoms with Crippen molar-refractivity contribution in [1.29, 1.82) is 0 Å². The van der Waals surface area contributed by atoms with Crippen LogP contribution in [0.3, 0.4) is 0 Å². The normalized spacial score (nSPS) is 12.1. The van der Waals surface area contributed by atoms with Crippen LogP contribution in [-0.4, -0.2) is 11.1 Å². The van der Waals surface area contributed by atoms with Gasteiger partial charge in [0.15, 0.2) is 0 Å². The third-order valence-electron chi connectivity index (χ3n) is 2.13. The first-order valence-corrected chi connectivity index (χ1v) is 5.43. The number of aliphatic carboxylic acids is 1. The van der Waals surface area contributed by atoms with Gasteiger partial charge in [-0.3, -0.25) is 4.79 Å². The third kappa shape index (κ3) is 3.20. The van der Waals surface area contributed by atoms with Crippen molar-refractivity contribution in [2.24, 2.45) is 0 Å². The lowest BCUT2D eigenvalue weighted by Crippen LogP contribution is -2.12. The Kier molecular flexibility index (Phi) is 4.09. The van der Waals surface area contributed by atoms with Gasteiger partial charge in [-0.15, -0.1) is 6.58 Å². The van der Waals surface area contributed by atoms with Gasteiger partial charge in [0.2, 0.25) is 0 Å². The van der Waals surface area contributed by atoms with E-state index in [2.05, 4.69) is 22.5 Å². The minimum absolute atomic E-state index is 0.470. The van der Waals surface area contributed by atoms with Gasteiger partial charge in [0.05, 0.1) is 5.92 Å². The lowest BCUT2D eigenvalue weighted by atomic mass is 9.93. The monoisotopic (exact) mass is 268 g/mol. The van der Waals surface area contributed by atoms with E-state index in [4.69, 9.17) is 5.11 Å². The van der Waals surface area contributed by atoms with Crippen LogP contribution in [0.2, 0.25) is 0 Å². The molecule has 0 bridgehead atoms. The van der Waals surface area contributed by atoms with Gasteiger partial charge < -0.3 is 5.11 Å². The molecule has 0 fully saturated rings. The predicted octanol–water partition coefficient (Wildman–Crippen LogP) is 3.58. The van der Waals surface area contributed by atoms with Crippen LogP contribution in [0, 0.1) is 0 Å². The van der Waals surface area contributed by atoms with E-state index in [9.17, 15) is 4.79 Å². The number of halogens is 1. The second-order valence-electron chi connectivity index (χ2n) is 3.57. The summed E-state index contributed by atoms with van der Waals surface area (Å²) in [6, 6.07) is 7.39. The van der Waals surface area contributed by atoms with Crippen molar-refractivity contribution in [2.75, 3.05) is 0 Å². The number of carboxylic acid groups (broad SMARTS) is 1. The minimum atomic E-state index is -0.815. The molecule has 0 amide bonds. The van der Waals surface area contributed by atoms with Crippen molar-refractivity contribution in [3.63, 3.8) is 0 Å². The van der Waals surface area contributed by atoms with Crippen LogP contribution in [0.4, 0.5) is 0 Å². The zero-order chi connectivity index (χ0) is 11.4. The summed E-state index contributed by atoms with van der Waals surface area (Å²) < 4.78 is 0.832. The molecule has 1 rings (SSSR count). The first kappa shape index (κ1) is 12.0. The molecule has 0 heterocycles. The molecular formula is C12H13BrO2. The number of rotatable bonds is 4. The summed E-state index contributed by atoms with van der Waals surface area (Å²) >= 11 is 3.36. The fourth-order valence-electron chi connectivity index (χ4n) is 1.44. The molecule has 15 heavy (non-hydrogen) atoms. The first-order valence-electron chi connectivity index (χ1n) is 4.64. The smallest absolute Gasteiger partial charge is 0.311 e. The molecule has 1 N–H and O–H groups in total. The molecule has 80 valence electrons. The number of benzene rings is 1. The highest BCUT2D eigenvalue weighted by atomic mass is 79.9. The molecule has 0 aromatic heterocycles. The highest BCUT2D eigenvalue weighted by Crippen LogP contribution is 2.29. The third-order valence-corrected chi connectivity index (χ3v) is 2.85. The van der Waals surface area contributed by atoms with Gasteiger partial charge in [-0.2, -0.15) is 0 Å². The van der Waals surface area contributed by atoms with E-state index in [0.717, 1.165) is 15.6 Å². The van der Waals surface area contributed by atoms with Crippen molar-refractivity contribution in [3.8, 4) is 0 Å². The second kappa shape index (κ2) is 5.12. The Balaban J connectivity index is 3.04. The standard InChI is InChI=1S/C12H13BrO2/c1-8(2)7-10(12(14)15)9-5-3-4-6-11(9)13/h3-6,10H,1,7H2,2H3,(H,14,15)/t10-/m1/s1. The van der Waals surface area contributed by atoms with Crippen LogP contribution in [0.5, 0.6) is 0 Å². The first-order chi connectivity index (χ1) is 7.02. The quantitative estimate of drug-likeness (QED) is 0.848. The van der Waals surface area contributed by atoms with Crippen molar-refractivity contribution >= 4 is 21.9 Å². The van der Waals surface area contributed by atoms with Crippen LogP contribution >= 0.6 is 15.9 Å². The number of allylic oxidation sites excluding steroid dienone is 1.